The lowest BCUT2D eigenvalue weighted by Gasteiger charge is -2.18. The SMILES string of the molecule is Cc1cc(Cl)ccc1OCc1cccc(C(=O)N(C)Cc2ccnn2C)c1. The highest BCUT2D eigenvalue weighted by Gasteiger charge is 2.14. The van der Waals surface area contributed by atoms with Crippen LogP contribution < -0.4 is 4.74 Å². The molecule has 0 bridgehead atoms. The van der Waals surface area contributed by atoms with Gasteiger partial charge in [-0.1, -0.05) is 23.7 Å². The van der Waals surface area contributed by atoms with Gasteiger partial charge in [-0.05, 0) is 54.4 Å². The number of nitrogens with zero attached hydrogens (tertiary/aromatic N) is 3. The molecule has 0 aliphatic carbocycles. The van der Waals surface area contributed by atoms with E-state index in [1.807, 2.05) is 56.4 Å². The molecule has 6 heteroatoms. The van der Waals surface area contributed by atoms with E-state index in [9.17, 15) is 4.79 Å². The fourth-order valence-electron chi connectivity index (χ4n) is 2.82. The first kappa shape index (κ1) is 19.0. The number of hydrogen-bond acceptors (Lipinski definition) is 3. The fraction of sp³-hybridized carbons (Fsp3) is 0.238. The second-order valence-corrected chi connectivity index (χ2v) is 6.94. The number of aryl methyl sites for hydroxylation is 2. The van der Waals surface area contributed by atoms with Crippen LogP contribution in [0.2, 0.25) is 5.02 Å². The van der Waals surface area contributed by atoms with Crippen molar-refractivity contribution in [2.45, 2.75) is 20.1 Å². The average molecular weight is 384 g/mol. The molecule has 0 saturated heterocycles. The molecule has 27 heavy (non-hydrogen) atoms. The lowest BCUT2D eigenvalue weighted by Crippen LogP contribution is -2.27. The highest BCUT2D eigenvalue weighted by Crippen LogP contribution is 2.23. The van der Waals surface area contributed by atoms with Gasteiger partial charge in [0.25, 0.3) is 5.91 Å². The van der Waals surface area contributed by atoms with E-state index in [1.54, 1.807) is 28.9 Å². The molecule has 2 aromatic carbocycles. The molecule has 3 rings (SSSR count). The summed E-state index contributed by atoms with van der Waals surface area (Å²) in [5, 5.41) is 4.82. The zero-order valence-electron chi connectivity index (χ0n) is 15.6. The highest BCUT2D eigenvalue weighted by atomic mass is 35.5. The van der Waals surface area contributed by atoms with Crippen LogP contribution in [0.25, 0.3) is 0 Å². The Hall–Kier alpha value is -2.79. The normalized spacial score (nSPS) is 10.7. The summed E-state index contributed by atoms with van der Waals surface area (Å²) in [6.07, 6.45) is 1.73. The minimum absolute atomic E-state index is 0.0410. The van der Waals surface area contributed by atoms with Gasteiger partial charge in [0.05, 0.1) is 12.2 Å². The predicted octanol–water partition coefficient (Wildman–Crippen LogP) is 4.23. The summed E-state index contributed by atoms with van der Waals surface area (Å²) in [4.78, 5) is 14.4. The van der Waals surface area contributed by atoms with E-state index >= 15 is 0 Å². The first-order valence-corrected chi connectivity index (χ1v) is 9.02. The molecule has 5 nitrogen and oxygen atoms in total. The Bertz CT molecular complexity index is 952. The Kier molecular flexibility index (Phi) is 5.81. The second kappa shape index (κ2) is 8.27. The Balaban J connectivity index is 1.67. The lowest BCUT2D eigenvalue weighted by molar-refractivity contribution is 0.0782. The van der Waals surface area contributed by atoms with Gasteiger partial charge in [-0.15, -0.1) is 0 Å². The molecule has 0 spiro atoms. The van der Waals surface area contributed by atoms with E-state index in [1.165, 1.54) is 0 Å². The van der Waals surface area contributed by atoms with Crippen LogP contribution in [0.15, 0.2) is 54.7 Å². The van der Waals surface area contributed by atoms with Crippen LogP contribution >= 0.6 is 11.6 Å². The zero-order valence-corrected chi connectivity index (χ0v) is 16.4. The van der Waals surface area contributed by atoms with Crippen LogP contribution in [0.4, 0.5) is 0 Å². The number of aromatic nitrogens is 2. The number of carbonyl (C=O) groups is 1. The third-order valence-corrected chi connectivity index (χ3v) is 4.61. The Morgan fingerprint density at radius 2 is 2.04 bits per heavy atom. The highest BCUT2D eigenvalue weighted by molar-refractivity contribution is 6.30. The van der Waals surface area contributed by atoms with Crippen LogP contribution in [0.5, 0.6) is 5.75 Å². The van der Waals surface area contributed by atoms with E-state index in [-0.39, 0.29) is 5.91 Å². The number of ether oxygens (including phenoxy) is 1. The van der Waals surface area contributed by atoms with E-state index < -0.39 is 0 Å². The minimum atomic E-state index is -0.0410. The van der Waals surface area contributed by atoms with E-state index in [0.29, 0.717) is 23.7 Å². The Morgan fingerprint density at radius 3 is 2.74 bits per heavy atom. The summed E-state index contributed by atoms with van der Waals surface area (Å²) in [5.74, 6) is 0.741. The summed E-state index contributed by atoms with van der Waals surface area (Å²) in [6.45, 7) is 2.84. The van der Waals surface area contributed by atoms with Crippen LogP contribution in [0.1, 0.15) is 27.2 Å². The van der Waals surface area contributed by atoms with Crippen molar-refractivity contribution in [3.63, 3.8) is 0 Å². The maximum absolute atomic E-state index is 12.7. The van der Waals surface area contributed by atoms with Crippen molar-refractivity contribution >= 4 is 17.5 Å². The fourth-order valence-corrected chi connectivity index (χ4v) is 3.05. The molecule has 1 heterocycles. The molecule has 140 valence electrons. The van der Waals surface area contributed by atoms with Crippen molar-refractivity contribution in [1.29, 1.82) is 0 Å². The summed E-state index contributed by atoms with van der Waals surface area (Å²) in [7, 11) is 3.65. The number of carbonyl (C=O) groups excluding carboxylic acids is 1. The molecule has 0 aliphatic rings. The smallest absolute Gasteiger partial charge is 0.253 e. The standard InChI is InChI=1S/C21H22ClN3O2/c1-15-11-18(22)7-8-20(15)27-14-16-5-4-6-17(12-16)21(26)24(2)13-19-9-10-23-25(19)3/h4-12H,13-14H2,1-3H3. The molecule has 3 aromatic rings. The molecule has 0 N–H and O–H groups in total. The zero-order chi connectivity index (χ0) is 19.4. The van der Waals surface area contributed by atoms with Gasteiger partial charge in [0, 0.05) is 30.9 Å². The van der Waals surface area contributed by atoms with Gasteiger partial charge in [0.2, 0.25) is 0 Å². The predicted molar refractivity (Wildman–Crippen MR) is 106 cm³/mol. The molecule has 1 amide bonds. The molecule has 1 aromatic heterocycles. The van der Waals surface area contributed by atoms with Crippen LogP contribution in [0, 0.1) is 6.92 Å². The van der Waals surface area contributed by atoms with Gasteiger partial charge in [-0.3, -0.25) is 9.48 Å². The van der Waals surface area contributed by atoms with E-state index in [0.717, 1.165) is 22.6 Å². The van der Waals surface area contributed by atoms with Gasteiger partial charge in [-0.2, -0.15) is 5.10 Å². The number of hydrogen-bond donors (Lipinski definition) is 0. The van der Waals surface area contributed by atoms with E-state index in [4.69, 9.17) is 16.3 Å². The first-order valence-electron chi connectivity index (χ1n) is 8.64. The monoisotopic (exact) mass is 383 g/mol. The summed E-state index contributed by atoms with van der Waals surface area (Å²) >= 11 is 5.98. The van der Waals surface area contributed by atoms with E-state index in [2.05, 4.69) is 5.10 Å². The molecule has 0 saturated carbocycles. The maximum Gasteiger partial charge on any atom is 0.253 e. The topological polar surface area (TPSA) is 47.4 Å². The first-order chi connectivity index (χ1) is 12.9. The number of rotatable bonds is 6. The van der Waals surface area contributed by atoms with Crippen molar-refractivity contribution in [1.82, 2.24) is 14.7 Å². The largest absolute Gasteiger partial charge is 0.489 e. The molecular weight excluding hydrogens is 362 g/mol. The number of benzene rings is 2. The lowest BCUT2D eigenvalue weighted by atomic mass is 10.1. The minimum Gasteiger partial charge on any atom is -0.489 e. The molecular formula is C21H22ClN3O2. The molecule has 0 aliphatic heterocycles. The third kappa shape index (κ3) is 4.68. The Morgan fingerprint density at radius 1 is 1.22 bits per heavy atom. The van der Waals surface area contributed by atoms with Crippen molar-refractivity contribution in [3.05, 3.63) is 82.1 Å². The van der Waals surface area contributed by atoms with Gasteiger partial charge < -0.3 is 9.64 Å². The quantitative estimate of drug-likeness (QED) is 0.639. The average Bonchev–Trinajstić information content (AvgIpc) is 3.05. The molecule has 0 unspecified atom stereocenters. The van der Waals surface area contributed by atoms with Gasteiger partial charge in [0.1, 0.15) is 12.4 Å². The maximum atomic E-state index is 12.7. The van der Waals surface area contributed by atoms with Crippen LogP contribution in [-0.2, 0) is 20.2 Å². The van der Waals surface area contributed by atoms with Gasteiger partial charge in [-0.25, -0.2) is 0 Å². The molecule has 0 atom stereocenters. The number of halogens is 1. The summed E-state index contributed by atoms with van der Waals surface area (Å²) < 4.78 is 7.65. The van der Waals surface area contributed by atoms with Crippen molar-refractivity contribution < 1.29 is 9.53 Å². The van der Waals surface area contributed by atoms with Crippen LogP contribution in [-0.4, -0.2) is 27.6 Å². The van der Waals surface area contributed by atoms with Gasteiger partial charge >= 0.3 is 0 Å². The summed E-state index contributed by atoms with van der Waals surface area (Å²) in [5.41, 5.74) is 3.52. The molecule has 0 radical (unpaired) electrons. The number of amides is 1. The Labute approximate surface area is 164 Å². The third-order valence-electron chi connectivity index (χ3n) is 4.37. The summed E-state index contributed by atoms with van der Waals surface area (Å²) in [6, 6.07) is 14.9. The van der Waals surface area contributed by atoms with Gasteiger partial charge in [0.15, 0.2) is 0 Å². The molecule has 0 fully saturated rings. The van der Waals surface area contributed by atoms with Crippen molar-refractivity contribution in [2.24, 2.45) is 7.05 Å². The van der Waals surface area contributed by atoms with Crippen molar-refractivity contribution in [2.75, 3.05) is 7.05 Å². The van der Waals surface area contributed by atoms with Crippen molar-refractivity contribution in [3.8, 4) is 5.75 Å². The second-order valence-electron chi connectivity index (χ2n) is 6.51. The van der Waals surface area contributed by atoms with Crippen LogP contribution in [0.3, 0.4) is 0 Å².